The molecule has 0 bridgehead atoms. The Labute approximate surface area is 153 Å². The van der Waals surface area contributed by atoms with Crippen molar-refractivity contribution >= 4 is 17.6 Å². The smallest absolute Gasteiger partial charge is 0.308 e. The Hall–Kier alpha value is -3.56. The molecule has 0 aliphatic heterocycles. The summed E-state index contributed by atoms with van der Waals surface area (Å²) in [4.78, 5) is 47.5. The van der Waals surface area contributed by atoms with E-state index in [0.29, 0.717) is 5.69 Å². The number of aryl methyl sites for hydroxylation is 1. The Bertz CT molecular complexity index is 968. The lowest BCUT2D eigenvalue weighted by molar-refractivity contribution is -0.384. The van der Waals surface area contributed by atoms with E-state index in [0.717, 1.165) is 15.6 Å². The second-order valence-electron chi connectivity index (χ2n) is 6.08. The Balaban J connectivity index is 2.51. The normalized spacial score (nSPS) is 11.7. The van der Waals surface area contributed by atoms with Crippen LogP contribution < -0.4 is 5.43 Å². The SMILES string of the molecule is Cc1cc(=O)c(C(=O)N(C)CC(C)C(=O)O)nn1-c1ccccc1[N+](=O)[O-]. The Morgan fingerprint density at radius 1 is 1.37 bits per heavy atom. The van der Waals surface area contributed by atoms with Gasteiger partial charge in [0, 0.05) is 31.4 Å². The zero-order valence-corrected chi connectivity index (χ0v) is 14.9. The first kappa shape index (κ1) is 19.8. The molecule has 1 aromatic carbocycles. The average molecular weight is 374 g/mol. The first-order chi connectivity index (χ1) is 12.6. The Morgan fingerprint density at radius 3 is 2.59 bits per heavy atom. The summed E-state index contributed by atoms with van der Waals surface area (Å²) in [5.41, 5.74) is -0.910. The van der Waals surface area contributed by atoms with E-state index in [1.165, 1.54) is 39.1 Å². The summed E-state index contributed by atoms with van der Waals surface area (Å²) < 4.78 is 1.15. The minimum absolute atomic E-state index is 0.107. The van der Waals surface area contributed by atoms with Crippen molar-refractivity contribution in [2.75, 3.05) is 13.6 Å². The zero-order chi connectivity index (χ0) is 20.3. The molecule has 0 spiro atoms. The van der Waals surface area contributed by atoms with Crippen molar-refractivity contribution in [3.63, 3.8) is 0 Å². The summed E-state index contributed by atoms with van der Waals surface area (Å²) in [5, 5.41) is 24.2. The van der Waals surface area contributed by atoms with Gasteiger partial charge >= 0.3 is 5.97 Å². The fourth-order valence-corrected chi connectivity index (χ4v) is 2.49. The zero-order valence-electron chi connectivity index (χ0n) is 14.9. The molecule has 1 atom stereocenters. The Morgan fingerprint density at radius 2 is 2.00 bits per heavy atom. The van der Waals surface area contributed by atoms with Gasteiger partial charge < -0.3 is 10.0 Å². The lowest BCUT2D eigenvalue weighted by Gasteiger charge is -2.19. The van der Waals surface area contributed by atoms with E-state index in [9.17, 15) is 24.5 Å². The molecule has 1 aromatic heterocycles. The monoisotopic (exact) mass is 374 g/mol. The van der Waals surface area contributed by atoms with Gasteiger partial charge in [-0.1, -0.05) is 19.1 Å². The Kier molecular flexibility index (Phi) is 5.69. The van der Waals surface area contributed by atoms with Crippen molar-refractivity contribution in [3.8, 4) is 5.69 Å². The highest BCUT2D eigenvalue weighted by Gasteiger charge is 2.24. The van der Waals surface area contributed by atoms with E-state index in [1.807, 2.05) is 0 Å². The van der Waals surface area contributed by atoms with Gasteiger partial charge in [0.05, 0.1) is 10.8 Å². The number of hydrogen-bond acceptors (Lipinski definition) is 6. The number of para-hydroxylation sites is 2. The number of nitrogens with zero attached hydrogens (tertiary/aromatic N) is 4. The third-order valence-electron chi connectivity index (χ3n) is 3.93. The highest BCUT2D eigenvalue weighted by Crippen LogP contribution is 2.22. The van der Waals surface area contributed by atoms with Crippen molar-refractivity contribution in [1.29, 1.82) is 0 Å². The van der Waals surface area contributed by atoms with E-state index in [-0.39, 0.29) is 17.9 Å². The van der Waals surface area contributed by atoms with Crippen LogP contribution in [-0.2, 0) is 4.79 Å². The lowest BCUT2D eigenvalue weighted by atomic mass is 10.1. The number of aliphatic carboxylic acids is 1. The molecule has 0 aliphatic rings. The van der Waals surface area contributed by atoms with Crippen molar-refractivity contribution in [1.82, 2.24) is 14.7 Å². The molecule has 10 heteroatoms. The van der Waals surface area contributed by atoms with E-state index >= 15 is 0 Å². The van der Waals surface area contributed by atoms with Crippen LogP contribution >= 0.6 is 0 Å². The molecule has 1 unspecified atom stereocenters. The van der Waals surface area contributed by atoms with E-state index in [4.69, 9.17) is 5.11 Å². The fourth-order valence-electron chi connectivity index (χ4n) is 2.49. The molecule has 1 heterocycles. The molecular weight excluding hydrogens is 356 g/mol. The molecule has 142 valence electrons. The topological polar surface area (TPSA) is 136 Å². The number of carbonyl (C=O) groups is 2. The highest BCUT2D eigenvalue weighted by atomic mass is 16.6. The lowest BCUT2D eigenvalue weighted by Crippen LogP contribution is -2.37. The first-order valence-corrected chi connectivity index (χ1v) is 7.96. The third kappa shape index (κ3) is 4.17. The second kappa shape index (κ2) is 7.77. The van der Waals surface area contributed by atoms with Crippen molar-refractivity contribution in [2.45, 2.75) is 13.8 Å². The quantitative estimate of drug-likeness (QED) is 0.593. The number of benzene rings is 1. The van der Waals surface area contributed by atoms with Crippen LogP contribution in [0.15, 0.2) is 35.1 Å². The van der Waals surface area contributed by atoms with Gasteiger partial charge in [0.2, 0.25) is 5.43 Å². The predicted molar refractivity (Wildman–Crippen MR) is 95.0 cm³/mol. The summed E-state index contributed by atoms with van der Waals surface area (Å²) in [6, 6.07) is 6.96. The van der Waals surface area contributed by atoms with Crippen LogP contribution in [0.2, 0.25) is 0 Å². The summed E-state index contributed by atoms with van der Waals surface area (Å²) >= 11 is 0. The maximum absolute atomic E-state index is 12.6. The van der Waals surface area contributed by atoms with Crippen LogP contribution in [0.5, 0.6) is 0 Å². The molecular formula is C17H18N4O6. The number of carboxylic acid groups (broad SMARTS) is 1. The molecule has 2 aromatic rings. The van der Waals surface area contributed by atoms with E-state index < -0.39 is 33.8 Å². The molecule has 0 radical (unpaired) electrons. The number of carboxylic acids is 1. The van der Waals surface area contributed by atoms with Crippen LogP contribution in [0.3, 0.4) is 0 Å². The molecule has 0 saturated heterocycles. The van der Waals surface area contributed by atoms with Crippen molar-refractivity contribution in [3.05, 3.63) is 62.1 Å². The number of nitro benzene ring substituents is 1. The number of rotatable bonds is 6. The number of aromatic nitrogens is 2. The van der Waals surface area contributed by atoms with Gasteiger partial charge in [0.1, 0.15) is 5.69 Å². The second-order valence-corrected chi connectivity index (χ2v) is 6.08. The summed E-state index contributed by atoms with van der Waals surface area (Å²) in [6.07, 6.45) is 0. The van der Waals surface area contributed by atoms with Gasteiger partial charge in [0.25, 0.3) is 11.6 Å². The van der Waals surface area contributed by atoms with Crippen LogP contribution in [0.4, 0.5) is 5.69 Å². The molecule has 0 fully saturated rings. The van der Waals surface area contributed by atoms with Crippen LogP contribution in [0, 0.1) is 23.0 Å². The highest BCUT2D eigenvalue weighted by molar-refractivity contribution is 5.92. The van der Waals surface area contributed by atoms with Crippen LogP contribution in [0.1, 0.15) is 23.1 Å². The number of hydrogen-bond donors (Lipinski definition) is 1. The fraction of sp³-hybridized carbons (Fsp3) is 0.294. The molecule has 0 aliphatic carbocycles. The number of nitro groups is 1. The maximum atomic E-state index is 12.6. The molecule has 2 rings (SSSR count). The van der Waals surface area contributed by atoms with Gasteiger partial charge in [-0.15, -0.1) is 0 Å². The van der Waals surface area contributed by atoms with E-state index in [1.54, 1.807) is 6.07 Å². The minimum atomic E-state index is -1.08. The summed E-state index contributed by atoms with van der Waals surface area (Å²) in [5.74, 6) is -2.67. The van der Waals surface area contributed by atoms with Gasteiger partial charge in [-0.3, -0.25) is 24.5 Å². The van der Waals surface area contributed by atoms with Gasteiger partial charge in [0.15, 0.2) is 5.69 Å². The molecule has 1 N–H and O–H groups in total. The standard InChI is InChI=1S/C17H18N4O6/c1-10(17(24)25)9-19(3)16(23)15-14(22)8-11(2)20(18-15)12-6-4-5-7-13(12)21(26)27/h4-8,10H,9H2,1-3H3,(H,24,25). The molecule has 1 amide bonds. The minimum Gasteiger partial charge on any atom is -0.481 e. The van der Waals surface area contributed by atoms with Crippen LogP contribution in [-0.4, -0.2) is 50.2 Å². The largest absolute Gasteiger partial charge is 0.481 e. The van der Waals surface area contributed by atoms with Crippen molar-refractivity contribution < 1.29 is 19.6 Å². The number of amides is 1. The summed E-state index contributed by atoms with van der Waals surface area (Å²) in [7, 11) is 1.36. The van der Waals surface area contributed by atoms with Gasteiger partial charge in [-0.2, -0.15) is 5.10 Å². The molecule has 27 heavy (non-hydrogen) atoms. The van der Waals surface area contributed by atoms with Crippen molar-refractivity contribution in [2.24, 2.45) is 5.92 Å². The molecule has 10 nitrogen and oxygen atoms in total. The van der Waals surface area contributed by atoms with Gasteiger partial charge in [-0.05, 0) is 13.0 Å². The number of carbonyl (C=O) groups excluding carboxylic acids is 1. The predicted octanol–water partition coefficient (Wildman–Crippen LogP) is 1.24. The third-order valence-corrected chi connectivity index (χ3v) is 3.93. The first-order valence-electron chi connectivity index (χ1n) is 7.96. The molecule has 0 saturated carbocycles. The maximum Gasteiger partial charge on any atom is 0.308 e. The average Bonchev–Trinajstić information content (AvgIpc) is 2.61. The van der Waals surface area contributed by atoms with E-state index in [2.05, 4.69) is 5.10 Å². The van der Waals surface area contributed by atoms with Crippen LogP contribution in [0.25, 0.3) is 5.69 Å². The van der Waals surface area contributed by atoms with Gasteiger partial charge in [-0.25, -0.2) is 4.68 Å². The summed E-state index contributed by atoms with van der Waals surface area (Å²) in [6.45, 7) is 2.85.